The van der Waals surface area contributed by atoms with Crippen LogP contribution >= 0.6 is 34.4 Å². The van der Waals surface area contributed by atoms with Gasteiger partial charge in [0.15, 0.2) is 0 Å². The minimum absolute atomic E-state index is 0.112. The molecule has 302 valence electrons. The fourth-order valence-electron chi connectivity index (χ4n) is 6.84. The second-order valence-electron chi connectivity index (χ2n) is 14.4. The van der Waals surface area contributed by atoms with E-state index in [1.54, 1.807) is 23.5 Å². The molecule has 10 heteroatoms. The van der Waals surface area contributed by atoms with Crippen LogP contribution in [0.2, 0.25) is 0 Å². The van der Waals surface area contributed by atoms with Gasteiger partial charge in [0, 0.05) is 40.8 Å². The molecule has 0 bridgehead atoms. The number of hydrogen-bond acceptors (Lipinski definition) is 6. The molecule has 0 atom stereocenters. The summed E-state index contributed by atoms with van der Waals surface area (Å²) in [6.45, 7) is 4.47. The number of carbonyl (C=O) groups is 2. The summed E-state index contributed by atoms with van der Waals surface area (Å²) >= 11 is 4.33. The number of rotatable bonds is 22. The highest BCUT2D eigenvalue weighted by Crippen LogP contribution is 2.29. The number of thiophene rings is 2. The van der Waals surface area contributed by atoms with Crippen LogP contribution in [0.15, 0.2) is 107 Å². The molecule has 0 fully saturated rings. The summed E-state index contributed by atoms with van der Waals surface area (Å²) in [5.74, 6) is -1.23. The van der Waals surface area contributed by atoms with Crippen LogP contribution in [-0.2, 0) is 36.9 Å². The maximum atomic E-state index is 11.0. The van der Waals surface area contributed by atoms with Gasteiger partial charge in [-0.25, -0.2) is 4.79 Å². The van der Waals surface area contributed by atoms with Crippen LogP contribution in [-0.4, -0.2) is 42.1 Å². The van der Waals surface area contributed by atoms with Gasteiger partial charge in [-0.1, -0.05) is 76.6 Å². The van der Waals surface area contributed by atoms with Crippen molar-refractivity contribution in [3.8, 4) is 17.1 Å². The van der Waals surface area contributed by atoms with Crippen molar-refractivity contribution in [3.63, 3.8) is 0 Å². The Morgan fingerprint density at radius 2 is 1.32 bits per heavy atom. The Hall–Kier alpha value is -4.51. The van der Waals surface area contributed by atoms with Crippen molar-refractivity contribution in [2.45, 2.75) is 108 Å². The maximum Gasteiger partial charge on any atom is 0.345 e. The summed E-state index contributed by atoms with van der Waals surface area (Å²) in [6.07, 6.45) is 19.8. The number of nitrogens with zero attached hydrogens (tertiary/aromatic N) is 2. The number of aromatic hydroxyl groups is 1. The molecular weight excluding hydrogens is 769 g/mol. The number of aliphatic carboxylic acids is 1. The average molecular weight is 825 g/mol. The first-order chi connectivity index (χ1) is 27.7. The van der Waals surface area contributed by atoms with E-state index in [0.717, 1.165) is 59.0 Å². The first kappa shape index (κ1) is 43.6. The van der Waals surface area contributed by atoms with Crippen LogP contribution in [0.3, 0.4) is 0 Å². The van der Waals surface area contributed by atoms with Gasteiger partial charge in [-0.15, -0.1) is 34.4 Å². The van der Waals surface area contributed by atoms with E-state index in [4.69, 9.17) is 10.2 Å². The number of aromatic carboxylic acids is 1. The molecule has 3 N–H and O–H groups in total. The van der Waals surface area contributed by atoms with Gasteiger partial charge in [-0.3, -0.25) is 4.79 Å². The smallest absolute Gasteiger partial charge is 0.345 e. The van der Waals surface area contributed by atoms with E-state index in [-0.39, 0.29) is 5.75 Å². The van der Waals surface area contributed by atoms with Crippen molar-refractivity contribution >= 4 is 46.4 Å². The lowest BCUT2D eigenvalue weighted by molar-refractivity contribution is -0.133. The summed E-state index contributed by atoms with van der Waals surface area (Å²) in [5.41, 5.74) is 8.38. The zero-order chi connectivity index (χ0) is 40.4. The fraction of sp³-hybridized carbons (Fsp3) is 0.362. The Bertz CT molecular complexity index is 2110. The quantitative estimate of drug-likeness (QED) is 0.0465. The van der Waals surface area contributed by atoms with Crippen LogP contribution in [0, 0.1) is 0 Å². The van der Waals surface area contributed by atoms with E-state index in [9.17, 15) is 14.7 Å². The van der Waals surface area contributed by atoms with Crippen molar-refractivity contribution in [1.82, 2.24) is 9.13 Å². The molecule has 0 radical (unpaired) electrons. The van der Waals surface area contributed by atoms with Crippen molar-refractivity contribution in [2.24, 2.45) is 0 Å². The standard InChI is InChI=1S/C24H29NO3S.C23H27NO2S2/c1-2-3-4-5-7-18-10-12-19(13-11-18)25-17-16-22(26)21(25)9-6-8-20-14-15-23(29-20)24(27)28;1-2-3-4-5-7-18-9-11-20(12-10-18)24-13-6-8-21(24)14-19-15-23(27-16-19)28-17-22(25)26/h10-17,26H,2-9H2,1H3,(H,27,28);6,8-13,15-16H,2-5,7,14,17H2,1H3,(H,25,26). The topological polar surface area (TPSA) is 105 Å². The minimum Gasteiger partial charge on any atom is -0.506 e. The summed E-state index contributed by atoms with van der Waals surface area (Å²) in [6, 6.07) is 29.1. The molecule has 0 unspecified atom stereocenters. The molecule has 2 aromatic carbocycles. The Labute approximate surface area is 350 Å². The monoisotopic (exact) mass is 824 g/mol. The third kappa shape index (κ3) is 13.8. The van der Waals surface area contributed by atoms with Gasteiger partial charge in [0.25, 0.3) is 0 Å². The van der Waals surface area contributed by atoms with Crippen LogP contribution in [0.25, 0.3) is 11.4 Å². The molecule has 0 aliphatic rings. The van der Waals surface area contributed by atoms with Gasteiger partial charge >= 0.3 is 11.9 Å². The largest absolute Gasteiger partial charge is 0.506 e. The molecule has 57 heavy (non-hydrogen) atoms. The summed E-state index contributed by atoms with van der Waals surface area (Å²) in [7, 11) is 0. The molecule has 6 rings (SSSR count). The van der Waals surface area contributed by atoms with Gasteiger partial charge in [0.05, 0.1) is 15.7 Å². The Morgan fingerprint density at radius 1 is 0.667 bits per heavy atom. The highest BCUT2D eigenvalue weighted by molar-refractivity contribution is 8.01. The molecule has 0 amide bonds. The van der Waals surface area contributed by atoms with Gasteiger partial charge in [0.1, 0.15) is 10.6 Å². The lowest BCUT2D eigenvalue weighted by Crippen LogP contribution is -2.00. The Kier molecular flexibility index (Phi) is 17.6. The molecule has 4 aromatic heterocycles. The van der Waals surface area contributed by atoms with E-state index >= 15 is 0 Å². The molecule has 6 aromatic rings. The van der Waals surface area contributed by atoms with E-state index in [1.165, 1.54) is 103 Å². The predicted octanol–water partition coefficient (Wildman–Crippen LogP) is 12.7. The van der Waals surface area contributed by atoms with Crippen LogP contribution in [0.5, 0.6) is 5.75 Å². The predicted molar refractivity (Wildman–Crippen MR) is 238 cm³/mol. The number of aromatic nitrogens is 2. The SMILES string of the molecule is CCCCCCc1ccc(-n2ccc(O)c2CCCc2ccc(C(=O)O)s2)cc1.CCCCCCc1ccc(-n2cccc2Cc2csc(SCC(=O)O)c2)cc1. The minimum atomic E-state index is -0.874. The van der Waals surface area contributed by atoms with E-state index in [2.05, 4.69) is 96.7 Å². The van der Waals surface area contributed by atoms with E-state index in [0.29, 0.717) is 10.6 Å². The van der Waals surface area contributed by atoms with Crippen LogP contribution in [0.1, 0.15) is 114 Å². The van der Waals surface area contributed by atoms with Gasteiger partial charge in [-0.2, -0.15) is 0 Å². The highest BCUT2D eigenvalue weighted by atomic mass is 32.2. The third-order valence-corrected chi connectivity index (χ3v) is 13.3. The normalized spacial score (nSPS) is 11.1. The lowest BCUT2D eigenvalue weighted by atomic mass is 10.1. The Morgan fingerprint density at radius 3 is 1.91 bits per heavy atom. The first-order valence-corrected chi connectivity index (χ1v) is 22.9. The molecule has 0 aliphatic carbocycles. The molecular formula is C47H56N2O5S3. The number of aryl methyl sites for hydroxylation is 3. The van der Waals surface area contributed by atoms with Gasteiger partial charge < -0.3 is 24.5 Å². The number of carboxylic acid groups (broad SMARTS) is 2. The lowest BCUT2D eigenvalue weighted by Gasteiger charge is -2.11. The second kappa shape index (κ2) is 23.0. The summed E-state index contributed by atoms with van der Waals surface area (Å²) in [4.78, 5) is 23.2. The number of hydrogen-bond donors (Lipinski definition) is 3. The summed E-state index contributed by atoms with van der Waals surface area (Å²) in [5, 5.41) is 30.3. The zero-order valence-corrected chi connectivity index (χ0v) is 35.6. The molecule has 7 nitrogen and oxygen atoms in total. The zero-order valence-electron chi connectivity index (χ0n) is 33.2. The number of unbranched alkanes of at least 4 members (excludes halogenated alkanes) is 6. The van der Waals surface area contributed by atoms with E-state index in [1.807, 2.05) is 16.8 Å². The Balaban J connectivity index is 0.000000218. The number of thioether (sulfide) groups is 1. The molecule has 0 spiro atoms. The van der Waals surface area contributed by atoms with Crippen LogP contribution < -0.4 is 0 Å². The van der Waals surface area contributed by atoms with Crippen molar-refractivity contribution in [2.75, 3.05) is 5.75 Å². The molecule has 0 saturated carbocycles. The van der Waals surface area contributed by atoms with Gasteiger partial charge in [-0.05, 0) is 128 Å². The average Bonchev–Trinajstić information content (AvgIpc) is 4.04. The van der Waals surface area contributed by atoms with Crippen molar-refractivity contribution in [3.05, 3.63) is 141 Å². The number of carboxylic acids is 2. The molecule has 4 heterocycles. The van der Waals surface area contributed by atoms with Crippen LogP contribution in [0.4, 0.5) is 0 Å². The molecule has 0 saturated heterocycles. The van der Waals surface area contributed by atoms with Crippen molar-refractivity contribution < 1.29 is 24.9 Å². The maximum absolute atomic E-state index is 11.0. The van der Waals surface area contributed by atoms with E-state index < -0.39 is 11.9 Å². The van der Waals surface area contributed by atoms with Crippen molar-refractivity contribution in [1.29, 1.82) is 0 Å². The summed E-state index contributed by atoms with van der Waals surface area (Å²) < 4.78 is 5.35. The second-order valence-corrected chi connectivity index (χ2v) is 17.8. The number of benzene rings is 2. The van der Waals surface area contributed by atoms with Gasteiger partial charge in [0.2, 0.25) is 0 Å². The first-order valence-electron chi connectivity index (χ1n) is 20.2. The highest BCUT2D eigenvalue weighted by Gasteiger charge is 2.12. The molecule has 0 aliphatic heterocycles. The third-order valence-electron chi connectivity index (χ3n) is 9.93. The fourth-order valence-corrected chi connectivity index (χ4v) is 9.46.